The average molecular weight is 374 g/mol. The quantitative estimate of drug-likeness (QED) is 0.529. The van der Waals surface area contributed by atoms with E-state index in [0.717, 1.165) is 15.2 Å². The van der Waals surface area contributed by atoms with Gasteiger partial charge >= 0.3 is 0 Å². The molecule has 1 unspecified atom stereocenters. The molecule has 1 amide bonds. The molecule has 1 aromatic carbocycles. The number of carbonyl (C=O) groups excluding carboxylic acids is 1. The summed E-state index contributed by atoms with van der Waals surface area (Å²) in [6, 6.07) is 7.32. The zero-order valence-corrected chi connectivity index (χ0v) is 16.1. The van der Waals surface area contributed by atoms with E-state index in [4.69, 9.17) is 4.74 Å². The lowest BCUT2D eigenvalue weighted by Crippen LogP contribution is -2.22. The lowest BCUT2D eigenvalue weighted by Gasteiger charge is -2.13. The molecule has 130 valence electrons. The number of methoxy groups -OCH3 is 1. The minimum Gasteiger partial charge on any atom is -0.497 e. The number of anilines is 1. The number of amides is 1. The van der Waals surface area contributed by atoms with Gasteiger partial charge in [-0.3, -0.25) is 4.79 Å². The lowest BCUT2D eigenvalue weighted by atomic mass is 10.2. The maximum atomic E-state index is 12.5. The van der Waals surface area contributed by atoms with Crippen LogP contribution in [0.25, 0.3) is 10.2 Å². The molecule has 0 aliphatic heterocycles. The van der Waals surface area contributed by atoms with Crippen molar-refractivity contribution in [3.8, 4) is 5.75 Å². The molecule has 25 heavy (non-hydrogen) atoms. The lowest BCUT2D eigenvalue weighted by molar-refractivity contribution is -0.115. The smallest absolute Gasteiger partial charge is 0.237 e. The van der Waals surface area contributed by atoms with Crippen molar-refractivity contribution in [1.29, 1.82) is 0 Å². The third-order valence-electron chi connectivity index (χ3n) is 3.93. The summed E-state index contributed by atoms with van der Waals surface area (Å²) < 4.78 is 5.18. The Bertz CT molecular complexity index is 924. The molecular formula is C18H19N3O2S2. The molecule has 0 radical (unpaired) electrons. The zero-order valence-electron chi connectivity index (χ0n) is 14.5. The van der Waals surface area contributed by atoms with E-state index in [1.807, 2.05) is 25.1 Å². The van der Waals surface area contributed by atoms with Crippen LogP contribution in [0.1, 0.15) is 17.4 Å². The normalized spacial score (nSPS) is 12.2. The number of hydrogen-bond donors (Lipinski definition) is 1. The first-order chi connectivity index (χ1) is 12.0. The molecule has 2 aromatic heterocycles. The largest absolute Gasteiger partial charge is 0.497 e. The average Bonchev–Trinajstić information content (AvgIpc) is 2.90. The number of carbonyl (C=O) groups is 1. The van der Waals surface area contributed by atoms with Gasteiger partial charge in [-0.25, -0.2) is 9.97 Å². The van der Waals surface area contributed by atoms with Crippen LogP contribution >= 0.6 is 23.1 Å². The fraction of sp³-hybridized carbons (Fsp3) is 0.278. The van der Waals surface area contributed by atoms with Gasteiger partial charge in [0.1, 0.15) is 21.9 Å². The van der Waals surface area contributed by atoms with E-state index in [0.29, 0.717) is 11.4 Å². The van der Waals surface area contributed by atoms with Crippen LogP contribution in [0.5, 0.6) is 5.75 Å². The van der Waals surface area contributed by atoms with Crippen molar-refractivity contribution < 1.29 is 9.53 Å². The Morgan fingerprint density at radius 2 is 2.12 bits per heavy atom. The van der Waals surface area contributed by atoms with Gasteiger partial charge in [-0.2, -0.15) is 0 Å². The first-order valence-electron chi connectivity index (χ1n) is 7.82. The summed E-state index contributed by atoms with van der Waals surface area (Å²) in [5.41, 5.74) is 1.90. The van der Waals surface area contributed by atoms with Gasteiger partial charge in [0.25, 0.3) is 0 Å². The van der Waals surface area contributed by atoms with Crippen molar-refractivity contribution in [2.75, 3.05) is 12.4 Å². The van der Waals surface area contributed by atoms with Gasteiger partial charge in [-0.1, -0.05) is 17.8 Å². The second-order valence-electron chi connectivity index (χ2n) is 5.62. The number of benzene rings is 1. The first-order valence-corrected chi connectivity index (χ1v) is 9.51. The van der Waals surface area contributed by atoms with Crippen LogP contribution in [-0.4, -0.2) is 28.2 Å². The number of ether oxygens (including phenoxy) is 1. The predicted octanol–water partition coefficient (Wildman–Crippen LogP) is 4.44. The standard InChI is InChI=1S/C18H19N3O2S2/c1-10-11(2)24-17-15(10)18(20-9-19-17)25-12(3)16(22)21-13-6-5-7-14(8-13)23-4/h5-9,12H,1-4H3,(H,21,22). The molecule has 0 fully saturated rings. The van der Waals surface area contributed by atoms with Crippen LogP contribution in [0.4, 0.5) is 5.69 Å². The summed E-state index contributed by atoms with van der Waals surface area (Å²) in [6.45, 7) is 6.03. The third-order valence-corrected chi connectivity index (χ3v) is 6.14. The van der Waals surface area contributed by atoms with Crippen molar-refractivity contribution in [3.63, 3.8) is 0 Å². The van der Waals surface area contributed by atoms with Crippen LogP contribution in [0.15, 0.2) is 35.6 Å². The monoisotopic (exact) mass is 373 g/mol. The van der Waals surface area contributed by atoms with E-state index >= 15 is 0 Å². The fourth-order valence-corrected chi connectivity index (χ4v) is 4.44. The van der Waals surface area contributed by atoms with Crippen molar-refractivity contribution in [2.45, 2.75) is 31.0 Å². The summed E-state index contributed by atoms with van der Waals surface area (Å²) in [4.78, 5) is 23.5. The van der Waals surface area contributed by atoms with Crippen LogP contribution in [0, 0.1) is 13.8 Å². The van der Waals surface area contributed by atoms with Gasteiger partial charge in [-0.15, -0.1) is 11.3 Å². The summed E-state index contributed by atoms with van der Waals surface area (Å²) in [7, 11) is 1.60. The molecule has 1 N–H and O–H groups in total. The molecule has 0 aliphatic carbocycles. The van der Waals surface area contributed by atoms with Crippen molar-refractivity contribution >= 4 is 44.9 Å². The Balaban J connectivity index is 1.77. The number of aryl methyl sites for hydroxylation is 2. The highest BCUT2D eigenvalue weighted by Crippen LogP contribution is 2.36. The minimum absolute atomic E-state index is 0.0744. The van der Waals surface area contributed by atoms with E-state index < -0.39 is 0 Å². The van der Waals surface area contributed by atoms with Crippen molar-refractivity contribution in [3.05, 3.63) is 41.0 Å². The van der Waals surface area contributed by atoms with Crippen LogP contribution in [-0.2, 0) is 4.79 Å². The number of thiophene rings is 1. The second-order valence-corrected chi connectivity index (χ2v) is 8.16. The van der Waals surface area contributed by atoms with Gasteiger partial charge in [0, 0.05) is 22.0 Å². The maximum Gasteiger partial charge on any atom is 0.237 e. The summed E-state index contributed by atoms with van der Waals surface area (Å²) in [5, 5.41) is 4.54. The van der Waals surface area contributed by atoms with Gasteiger partial charge in [0.2, 0.25) is 5.91 Å². The van der Waals surface area contributed by atoms with E-state index in [2.05, 4.69) is 29.1 Å². The molecule has 7 heteroatoms. The van der Waals surface area contributed by atoms with Crippen LogP contribution < -0.4 is 10.1 Å². The molecule has 0 aliphatic rings. The SMILES string of the molecule is COc1cccc(NC(=O)C(C)Sc2ncnc3sc(C)c(C)c23)c1. The fourth-order valence-electron chi connectivity index (χ4n) is 2.41. The zero-order chi connectivity index (χ0) is 18.0. The van der Waals surface area contributed by atoms with Gasteiger partial charge < -0.3 is 10.1 Å². The highest BCUT2D eigenvalue weighted by Gasteiger charge is 2.19. The number of fused-ring (bicyclic) bond motifs is 1. The molecule has 1 atom stereocenters. The Morgan fingerprint density at radius 3 is 2.88 bits per heavy atom. The molecule has 0 saturated carbocycles. The van der Waals surface area contributed by atoms with Gasteiger partial charge in [0.15, 0.2) is 0 Å². The Morgan fingerprint density at radius 1 is 1.32 bits per heavy atom. The Hall–Kier alpha value is -2.12. The minimum atomic E-state index is -0.288. The van der Waals surface area contributed by atoms with E-state index in [1.165, 1.54) is 22.2 Å². The number of rotatable bonds is 5. The van der Waals surface area contributed by atoms with Crippen LogP contribution in [0.2, 0.25) is 0 Å². The third kappa shape index (κ3) is 3.77. The van der Waals surface area contributed by atoms with E-state index in [-0.39, 0.29) is 11.2 Å². The topological polar surface area (TPSA) is 64.1 Å². The molecule has 5 nitrogen and oxygen atoms in total. The van der Waals surface area contributed by atoms with Gasteiger partial charge in [0.05, 0.1) is 12.4 Å². The van der Waals surface area contributed by atoms with E-state index in [9.17, 15) is 4.79 Å². The molecule has 0 bridgehead atoms. The maximum absolute atomic E-state index is 12.5. The van der Waals surface area contributed by atoms with Crippen molar-refractivity contribution in [2.24, 2.45) is 0 Å². The van der Waals surface area contributed by atoms with Crippen molar-refractivity contribution in [1.82, 2.24) is 9.97 Å². The highest BCUT2D eigenvalue weighted by atomic mass is 32.2. The first kappa shape index (κ1) is 17.7. The number of nitrogens with one attached hydrogen (secondary N) is 1. The number of nitrogens with zero attached hydrogens (tertiary/aromatic N) is 2. The molecule has 0 saturated heterocycles. The second kappa shape index (κ2) is 7.41. The Kier molecular flexibility index (Phi) is 5.24. The summed E-state index contributed by atoms with van der Waals surface area (Å²) in [5.74, 6) is 0.634. The number of thioether (sulfide) groups is 1. The van der Waals surface area contributed by atoms with Crippen LogP contribution in [0.3, 0.4) is 0 Å². The highest BCUT2D eigenvalue weighted by molar-refractivity contribution is 8.00. The summed E-state index contributed by atoms with van der Waals surface area (Å²) >= 11 is 3.11. The summed E-state index contributed by atoms with van der Waals surface area (Å²) in [6.07, 6.45) is 1.56. The molecule has 3 aromatic rings. The molecule has 2 heterocycles. The molecule has 3 rings (SSSR count). The molecular weight excluding hydrogens is 354 g/mol. The number of aromatic nitrogens is 2. The van der Waals surface area contributed by atoms with Gasteiger partial charge in [-0.05, 0) is 38.5 Å². The predicted molar refractivity (Wildman–Crippen MR) is 104 cm³/mol. The number of hydrogen-bond acceptors (Lipinski definition) is 6. The van der Waals surface area contributed by atoms with E-state index in [1.54, 1.807) is 30.8 Å². The molecule has 0 spiro atoms. The Labute approximate surface area is 154 Å².